The molecule has 0 aliphatic carbocycles. The van der Waals surface area contributed by atoms with Crippen LogP contribution in [0.3, 0.4) is 0 Å². The lowest BCUT2D eigenvalue weighted by molar-refractivity contribution is 0.540. The van der Waals surface area contributed by atoms with Crippen LogP contribution in [0.1, 0.15) is 40.0 Å². The molecule has 0 spiro atoms. The van der Waals surface area contributed by atoms with Crippen molar-refractivity contribution < 1.29 is 8.42 Å². The molecule has 0 aliphatic rings. The second-order valence-corrected chi connectivity index (χ2v) is 10.00. The number of aromatic nitrogens is 2. The predicted octanol–water partition coefficient (Wildman–Crippen LogP) is 3.51. The molecular formula is C17H26N4O2S2. The van der Waals surface area contributed by atoms with Crippen LogP contribution in [0.15, 0.2) is 29.6 Å². The van der Waals surface area contributed by atoms with Crippen LogP contribution >= 0.6 is 11.5 Å². The first-order valence-corrected chi connectivity index (χ1v) is 10.7. The predicted molar refractivity (Wildman–Crippen MR) is 104 cm³/mol. The zero-order valence-corrected chi connectivity index (χ0v) is 16.6. The molecule has 1 aromatic heterocycles. The molecule has 1 aromatic carbocycles. The number of nitrogens with zero attached hydrogens (tertiary/aromatic N) is 2. The Kier molecular flexibility index (Phi) is 6.92. The Morgan fingerprint density at radius 1 is 1.04 bits per heavy atom. The SMILES string of the molecule is CC(C)(C)S(=O)(=O)NCCCCCNc1ccc(-c2csnn2)cc1. The van der Waals surface area contributed by atoms with E-state index in [0.29, 0.717) is 6.54 Å². The van der Waals surface area contributed by atoms with Crippen LogP contribution in [0, 0.1) is 0 Å². The molecule has 0 unspecified atom stereocenters. The Balaban J connectivity index is 1.62. The molecule has 0 aliphatic heterocycles. The second-order valence-electron chi connectivity index (χ2n) is 6.87. The highest BCUT2D eigenvalue weighted by Crippen LogP contribution is 2.20. The molecule has 2 rings (SSSR count). The van der Waals surface area contributed by atoms with E-state index in [1.807, 2.05) is 29.6 Å². The lowest BCUT2D eigenvalue weighted by Crippen LogP contribution is -2.39. The standard InChI is InChI=1S/C17H26N4O2S2/c1-17(2,3)25(22,23)19-12-6-4-5-11-18-15-9-7-14(8-10-15)16-13-24-21-20-16/h7-10,13,18-19H,4-6,11-12H2,1-3H3. The first kappa shape index (κ1) is 19.8. The van der Waals surface area contributed by atoms with E-state index < -0.39 is 14.8 Å². The highest BCUT2D eigenvalue weighted by Gasteiger charge is 2.27. The Labute approximate surface area is 154 Å². The van der Waals surface area contributed by atoms with E-state index in [-0.39, 0.29) is 0 Å². The van der Waals surface area contributed by atoms with E-state index in [0.717, 1.165) is 42.8 Å². The second kappa shape index (κ2) is 8.73. The van der Waals surface area contributed by atoms with Crippen molar-refractivity contribution in [2.24, 2.45) is 0 Å². The van der Waals surface area contributed by atoms with Gasteiger partial charge in [-0.15, -0.1) is 5.10 Å². The summed E-state index contributed by atoms with van der Waals surface area (Å²) in [5, 5.41) is 9.36. The van der Waals surface area contributed by atoms with Crippen molar-refractivity contribution in [3.63, 3.8) is 0 Å². The normalized spacial score (nSPS) is 12.3. The molecule has 0 saturated heterocycles. The third-order valence-electron chi connectivity index (χ3n) is 3.82. The first-order chi connectivity index (χ1) is 11.8. The van der Waals surface area contributed by atoms with Crippen LogP contribution in [0.4, 0.5) is 5.69 Å². The van der Waals surface area contributed by atoms with Crippen molar-refractivity contribution in [1.29, 1.82) is 0 Å². The number of benzene rings is 1. The molecule has 0 atom stereocenters. The zero-order valence-electron chi connectivity index (χ0n) is 14.9. The summed E-state index contributed by atoms with van der Waals surface area (Å²) in [5.41, 5.74) is 3.03. The van der Waals surface area contributed by atoms with Gasteiger partial charge in [0.1, 0.15) is 5.69 Å². The monoisotopic (exact) mass is 382 g/mol. The summed E-state index contributed by atoms with van der Waals surface area (Å²) in [6, 6.07) is 8.12. The summed E-state index contributed by atoms with van der Waals surface area (Å²) in [5.74, 6) is 0. The molecule has 25 heavy (non-hydrogen) atoms. The summed E-state index contributed by atoms with van der Waals surface area (Å²) in [6.45, 7) is 6.47. The Bertz CT molecular complexity index is 736. The number of anilines is 1. The molecule has 2 N–H and O–H groups in total. The smallest absolute Gasteiger partial charge is 0.216 e. The fourth-order valence-corrected chi connectivity index (χ4v) is 3.44. The molecule has 0 bridgehead atoms. The minimum absolute atomic E-state index is 0.496. The van der Waals surface area contributed by atoms with Gasteiger partial charge in [0.2, 0.25) is 10.0 Å². The highest BCUT2D eigenvalue weighted by molar-refractivity contribution is 7.90. The maximum Gasteiger partial charge on any atom is 0.216 e. The third-order valence-corrected chi connectivity index (χ3v) is 6.52. The van der Waals surface area contributed by atoms with E-state index in [1.54, 1.807) is 20.8 Å². The van der Waals surface area contributed by atoms with Crippen molar-refractivity contribution in [3.8, 4) is 11.3 Å². The van der Waals surface area contributed by atoms with E-state index in [4.69, 9.17) is 0 Å². The van der Waals surface area contributed by atoms with Gasteiger partial charge in [-0.25, -0.2) is 13.1 Å². The number of rotatable bonds is 9. The molecule has 8 heteroatoms. The van der Waals surface area contributed by atoms with Crippen LogP contribution < -0.4 is 10.0 Å². The zero-order chi connectivity index (χ0) is 18.3. The summed E-state index contributed by atoms with van der Waals surface area (Å²) < 4.78 is 29.6. The summed E-state index contributed by atoms with van der Waals surface area (Å²) in [6.07, 6.45) is 2.81. The van der Waals surface area contributed by atoms with Gasteiger partial charge in [-0.05, 0) is 57.3 Å². The lowest BCUT2D eigenvalue weighted by atomic mass is 10.1. The van der Waals surface area contributed by atoms with E-state index >= 15 is 0 Å². The fourth-order valence-electron chi connectivity index (χ4n) is 2.13. The molecule has 0 saturated carbocycles. The van der Waals surface area contributed by atoms with Gasteiger partial charge in [0.15, 0.2) is 0 Å². The van der Waals surface area contributed by atoms with Crippen molar-refractivity contribution in [3.05, 3.63) is 29.6 Å². The van der Waals surface area contributed by atoms with Crippen LogP contribution in [0.25, 0.3) is 11.3 Å². The Morgan fingerprint density at radius 3 is 2.32 bits per heavy atom. The van der Waals surface area contributed by atoms with Crippen LogP contribution in [-0.2, 0) is 10.0 Å². The van der Waals surface area contributed by atoms with E-state index in [2.05, 4.69) is 19.6 Å². The fraction of sp³-hybridized carbons (Fsp3) is 0.529. The average molecular weight is 383 g/mol. The van der Waals surface area contributed by atoms with Gasteiger partial charge in [-0.3, -0.25) is 0 Å². The van der Waals surface area contributed by atoms with Gasteiger partial charge in [-0.1, -0.05) is 23.0 Å². The van der Waals surface area contributed by atoms with Gasteiger partial charge in [-0.2, -0.15) is 0 Å². The van der Waals surface area contributed by atoms with Crippen molar-refractivity contribution in [2.75, 3.05) is 18.4 Å². The van der Waals surface area contributed by atoms with E-state index in [9.17, 15) is 8.42 Å². The van der Waals surface area contributed by atoms with Gasteiger partial charge in [0, 0.05) is 29.7 Å². The van der Waals surface area contributed by atoms with Crippen LogP contribution in [0.2, 0.25) is 0 Å². The number of hydrogen-bond acceptors (Lipinski definition) is 6. The molecule has 2 aromatic rings. The molecule has 138 valence electrons. The van der Waals surface area contributed by atoms with Crippen LogP contribution in [0.5, 0.6) is 0 Å². The summed E-state index contributed by atoms with van der Waals surface area (Å²) in [7, 11) is -3.23. The largest absolute Gasteiger partial charge is 0.385 e. The Hall–Kier alpha value is -1.51. The van der Waals surface area contributed by atoms with Crippen molar-refractivity contribution >= 4 is 27.2 Å². The highest BCUT2D eigenvalue weighted by atomic mass is 32.2. The number of nitrogens with one attached hydrogen (secondary N) is 2. The van der Waals surface area contributed by atoms with E-state index in [1.165, 1.54) is 11.5 Å². The maximum atomic E-state index is 11.9. The molecule has 0 radical (unpaired) electrons. The minimum Gasteiger partial charge on any atom is -0.385 e. The van der Waals surface area contributed by atoms with Crippen LogP contribution in [-0.4, -0.2) is 35.8 Å². The quantitative estimate of drug-likeness (QED) is 0.649. The van der Waals surface area contributed by atoms with Gasteiger partial charge < -0.3 is 5.32 Å². The first-order valence-electron chi connectivity index (χ1n) is 8.40. The lowest BCUT2D eigenvalue weighted by Gasteiger charge is -2.19. The van der Waals surface area contributed by atoms with Crippen molar-refractivity contribution in [1.82, 2.24) is 14.3 Å². The summed E-state index contributed by atoms with van der Waals surface area (Å²) in [4.78, 5) is 0. The minimum atomic E-state index is -3.23. The van der Waals surface area contributed by atoms with Gasteiger partial charge in [0.25, 0.3) is 0 Å². The van der Waals surface area contributed by atoms with Gasteiger partial charge in [0.05, 0.1) is 4.75 Å². The molecule has 0 fully saturated rings. The Morgan fingerprint density at radius 2 is 1.72 bits per heavy atom. The number of unbranched alkanes of at least 4 members (excludes halogenated alkanes) is 2. The molecular weight excluding hydrogens is 356 g/mol. The topological polar surface area (TPSA) is 84.0 Å². The molecule has 0 amide bonds. The maximum absolute atomic E-state index is 11.9. The van der Waals surface area contributed by atoms with Gasteiger partial charge >= 0.3 is 0 Å². The van der Waals surface area contributed by atoms with Crippen molar-refractivity contribution in [2.45, 2.75) is 44.8 Å². The number of sulfonamides is 1. The summed E-state index contributed by atoms with van der Waals surface area (Å²) >= 11 is 1.35. The molecule has 6 nitrogen and oxygen atoms in total. The third kappa shape index (κ3) is 6.05. The number of hydrogen-bond donors (Lipinski definition) is 2. The average Bonchev–Trinajstić information content (AvgIpc) is 3.08. The molecule has 1 heterocycles.